The van der Waals surface area contributed by atoms with E-state index in [4.69, 9.17) is 10.7 Å². The number of rotatable bonds is 2. The van der Waals surface area contributed by atoms with Gasteiger partial charge in [0.25, 0.3) is 0 Å². The summed E-state index contributed by atoms with van der Waals surface area (Å²) >= 11 is 1.68. The maximum absolute atomic E-state index is 6.18. The number of nitrogens with two attached hydrogens (primary N) is 1. The largest absolute Gasteiger partial charge is 0.378 e. The molecule has 1 heterocycles. The van der Waals surface area contributed by atoms with Crippen molar-refractivity contribution >= 4 is 35.4 Å². The maximum atomic E-state index is 6.18. The van der Waals surface area contributed by atoms with Crippen molar-refractivity contribution in [3.05, 3.63) is 88.6 Å². The highest BCUT2D eigenvalue weighted by molar-refractivity contribution is 8.14. The lowest BCUT2D eigenvalue weighted by Gasteiger charge is -2.30. The van der Waals surface area contributed by atoms with Gasteiger partial charge in [-0.2, -0.15) is 0 Å². The first-order valence-electron chi connectivity index (χ1n) is 8.36. The van der Waals surface area contributed by atoms with E-state index in [1.165, 1.54) is 28.7 Å². The van der Waals surface area contributed by atoms with Gasteiger partial charge in [0.05, 0.1) is 10.9 Å². The van der Waals surface area contributed by atoms with E-state index in [0.717, 1.165) is 18.5 Å². The third kappa shape index (κ3) is 3.83. The van der Waals surface area contributed by atoms with Crippen molar-refractivity contribution in [2.45, 2.75) is 24.5 Å². The summed E-state index contributed by atoms with van der Waals surface area (Å²) in [4.78, 5) is 4.73. The summed E-state index contributed by atoms with van der Waals surface area (Å²) in [6, 6.07) is 21.1. The third-order valence-electron chi connectivity index (χ3n) is 4.52. The number of nitrogens with zero attached hydrogens (tertiary/aromatic N) is 1. The Morgan fingerprint density at radius 1 is 0.960 bits per heavy atom. The van der Waals surface area contributed by atoms with E-state index in [0.29, 0.717) is 5.17 Å². The molecule has 4 rings (SSSR count). The highest BCUT2D eigenvalue weighted by atomic mass is 35.5. The normalized spacial score (nSPS) is 21.4. The molecule has 1 aliphatic carbocycles. The van der Waals surface area contributed by atoms with Crippen LogP contribution >= 0.6 is 24.2 Å². The molecule has 0 spiro atoms. The molecule has 0 amide bonds. The number of benzene rings is 2. The first kappa shape index (κ1) is 17.8. The quantitative estimate of drug-likeness (QED) is 0.734. The minimum absolute atomic E-state index is 0. The Bertz CT molecular complexity index is 825. The first-order valence-corrected chi connectivity index (χ1v) is 9.24. The predicted molar refractivity (Wildman–Crippen MR) is 111 cm³/mol. The predicted octanol–water partition coefficient (Wildman–Crippen LogP) is 5.73. The number of halogens is 1. The molecule has 0 aromatic heterocycles. The van der Waals surface area contributed by atoms with Crippen molar-refractivity contribution in [2.24, 2.45) is 10.7 Å². The number of allylic oxidation sites excluding steroid dienone is 1. The van der Waals surface area contributed by atoms with Gasteiger partial charge >= 0.3 is 0 Å². The monoisotopic (exact) mass is 368 g/mol. The highest BCUT2D eigenvalue weighted by Gasteiger charge is 2.30. The van der Waals surface area contributed by atoms with Crippen molar-refractivity contribution in [3.8, 4) is 0 Å². The SMILES string of the molecule is Cl.NC1=NC2=C(CCC/C2=C/c2ccccc2)C(c2ccccc2)S1. The highest BCUT2D eigenvalue weighted by Crippen LogP contribution is 2.47. The molecule has 1 unspecified atom stereocenters. The van der Waals surface area contributed by atoms with Crippen LogP contribution < -0.4 is 5.73 Å². The molecule has 0 bridgehead atoms. The molecular formula is C21H21ClN2S. The minimum atomic E-state index is 0. The number of hydrogen-bond acceptors (Lipinski definition) is 3. The number of hydrogen-bond donors (Lipinski definition) is 1. The molecule has 25 heavy (non-hydrogen) atoms. The van der Waals surface area contributed by atoms with Gasteiger partial charge in [0, 0.05) is 0 Å². The van der Waals surface area contributed by atoms with Crippen LogP contribution in [0.2, 0.25) is 0 Å². The summed E-state index contributed by atoms with van der Waals surface area (Å²) in [5.74, 6) is 0. The molecule has 2 aromatic rings. The molecule has 2 N–H and O–H groups in total. The second-order valence-corrected chi connectivity index (χ2v) is 7.29. The summed E-state index contributed by atoms with van der Waals surface area (Å²) in [5, 5.41) is 0.960. The fraction of sp³-hybridized carbons (Fsp3) is 0.190. The fourth-order valence-electron chi connectivity index (χ4n) is 3.43. The first-order chi connectivity index (χ1) is 11.8. The molecule has 1 atom stereocenters. The Morgan fingerprint density at radius 2 is 1.64 bits per heavy atom. The molecule has 2 nitrogen and oxygen atoms in total. The molecule has 0 radical (unpaired) electrons. The second kappa shape index (κ2) is 7.94. The molecular weight excluding hydrogens is 348 g/mol. The van der Waals surface area contributed by atoms with Crippen LogP contribution in [-0.4, -0.2) is 5.17 Å². The van der Waals surface area contributed by atoms with Gasteiger partial charge in [-0.1, -0.05) is 72.4 Å². The van der Waals surface area contributed by atoms with E-state index >= 15 is 0 Å². The van der Waals surface area contributed by atoms with Crippen LogP contribution in [0.15, 0.2) is 82.5 Å². The molecule has 128 valence electrons. The van der Waals surface area contributed by atoms with E-state index in [2.05, 4.69) is 60.7 Å². The zero-order valence-electron chi connectivity index (χ0n) is 13.9. The van der Waals surface area contributed by atoms with Crippen molar-refractivity contribution in [1.29, 1.82) is 0 Å². The molecule has 4 heteroatoms. The van der Waals surface area contributed by atoms with Gasteiger partial charge in [-0.3, -0.25) is 0 Å². The topological polar surface area (TPSA) is 38.4 Å². The average molecular weight is 369 g/mol. The lowest BCUT2D eigenvalue weighted by molar-refractivity contribution is 0.736. The Kier molecular flexibility index (Phi) is 5.67. The average Bonchev–Trinajstić information content (AvgIpc) is 2.63. The number of aliphatic imine (C=N–C) groups is 1. The number of amidine groups is 1. The van der Waals surface area contributed by atoms with Crippen molar-refractivity contribution < 1.29 is 0 Å². The Labute approximate surface area is 159 Å². The summed E-state index contributed by atoms with van der Waals surface area (Å²) in [5.41, 5.74) is 12.6. The maximum Gasteiger partial charge on any atom is 0.160 e. The van der Waals surface area contributed by atoms with Crippen LogP contribution in [0.4, 0.5) is 0 Å². The van der Waals surface area contributed by atoms with E-state index in [1.807, 2.05) is 6.07 Å². The van der Waals surface area contributed by atoms with Crippen LogP contribution in [0.1, 0.15) is 35.6 Å². The minimum Gasteiger partial charge on any atom is -0.378 e. The van der Waals surface area contributed by atoms with Crippen molar-refractivity contribution in [2.75, 3.05) is 0 Å². The zero-order valence-corrected chi connectivity index (χ0v) is 15.5. The summed E-state index contributed by atoms with van der Waals surface area (Å²) < 4.78 is 0. The second-order valence-electron chi connectivity index (χ2n) is 6.17. The lowest BCUT2D eigenvalue weighted by Crippen LogP contribution is -2.19. The van der Waals surface area contributed by atoms with Gasteiger partial charge < -0.3 is 5.73 Å². The van der Waals surface area contributed by atoms with Gasteiger partial charge in [-0.15, -0.1) is 12.4 Å². The molecule has 0 saturated carbocycles. The van der Waals surface area contributed by atoms with Gasteiger partial charge in [-0.25, -0.2) is 4.99 Å². The van der Waals surface area contributed by atoms with E-state index in [-0.39, 0.29) is 17.7 Å². The summed E-state index contributed by atoms with van der Waals surface area (Å²) in [6.45, 7) is 0. The Balaban J connectivity index is 0.00000182. The summed E-state index contributed by atoms with van der Waals surface area (Å²) in [7, 11) is 0. The van der Waals surface area contributed by atoms with Gasteiger partial charge in [0.1, 0.15) is 0 Å². The fourth-order valence-corrected chi connectivity index (χ4v) is 4.48. The van der Waals surface area contributed by atoms with Crippen LogP contribution in [0.25, 0.3) is 6.08 Å². The van der Waals surface area contributed by atoms with Gasteiger partial charge in [0.2, 0.25) is 0 Å². The molecule has 2 aliphatic rings. The van der Waals surface area contributed by atoms with Crippen LogP contribution in [0.5, 0.6) is 0 Å². The molecule has 0 saturated heterocycles. The van der Waals surface area contributed by atoms with E-state index in [1.54, 1.807) is 11.8 Å². The Hall–Kier alpha value is -1.97. The molecule has 1 aliphatic heterocycles. The van der Waals surface area contributed by atoms with Crippen molar-refractivity contribution in [1.82, 2.24) is 0 Å². The summed E-state index contributed by atoms with van der Waals surface area (Å²) in [6.07, 6.45) is 5.61. The molecule has 0 fully saturated rings. The zero-order chi connectivity index (χ0) is 16.4. The molecule has 2 aromatic carbocycles. The van der Waals surface area contributed by atoms with Crippen LogP contribution in [0, 0.1) is 0 Å². The Morgan fingerprint density at radius 3 is 2.36 bits per heavy atom. The van der Waals surface area contributed by atoms with Crippen molar-refractivity contribution in [3.63, 3.8) is 0 Å². The van der Waals surface area contributed by atoms with Gasteiger partial charge in [-0.05, 0) is 47.6 Å². The van der Waals surface area contributed by atoms with E-state index in [9.17, 15) is 0 Å². The van der Waals surface area contributed by atoms with Gasteiger partial charge in [0.15, 0.2) is 5.17 Å². The van der Waals surface area contributed by atoms with Crippen LogP contribution in [0.3, 0.4) is 0 Å². The smallest absolute Gasteiger partial charge is 0.160 e. The van der Waals surface area contributed by atoms with E-state index < -0.39 is 0 Å². The lowest BCUT2D eigenvalue weighted by atomic mass is 9.87. The third-order valence-corrected chi connectivity index (χ3v) is 5.65. The number of thioether (sulfide) groups is 1. The standard InChI is InChI=1S/C21H20N2S.ClH/c22-21-23-19-17(14-15-8-3-1-4-9-15)12-7-13-18(19)20(24-21)16-10-5-2-6-11-16;/h1-6,8-11,14,20H,7,12-13H2,(H2,22,23);1H/b17-14-;. The van der Waals surface area contributed by atoms with Crippen LogP contribution in [-0.2, 0) is 0 Å².